The highest BCUT2D eigenvalue weighted by Crippen LogP contribution is 2.17. The summed E-state index contributed by atoms with van der Waals surface area (Å²) >= 11 is 0. The van der Waals surface area contributed by atoms with Gasteiger partial charge in [0.1, 0.15) is 5.56 Å². The Bertz CT molecular complexity index is 360. The van der Waals surface area contributed by atoms with Crippen molar-refractivity contribution >= 4 is 5.97 Å². The van der Waals surface area contributed by atoms with Crippen LogP contribution in [0.1, 0.15) is 49.3 Å². The van der Waals surface area contributed by atoms with Crippen molar-refractivity contribution in [2.75, 3.05) is 6.61 Å². The van der Waals surface area contributed by atoms with Crippen molar-refractivity contribution in [3.8, 4) is 0 Å². The van der Waals surface area contributed by atoms with Gasteiger partial charge in [0.05, 0.1) is 18.5 Å². The minimum absolute atomic E-state index is 0.184. The van der Waals surface area contributed by atoms with Crippen LogP contribution in [-0.4, -0.2) is 27.5 Å². The predicted molar refractivity (Wildman–Crippen MR) is 59.5 cm³/mol. The largest absolute Gasteiger partial charge is 0.478 e. The molecule has 0 bridgehead atoms. The molecule has 0 saturated heterocycles. The van der Waals surface area contributed by atoms with Gasteiger partial charge in [-0.2, -0.15) is 5.10 Å². The Labute approximate surface area is 95.0 Å². The van der Waals surface area contributed by atoms with Crippen LogP contribution in [-0.2, 0) is 11.3 Å². The fourth-order valence-corrected chi connectivity index (χ4v) is 1.46. The molecule has 0 saturated carbocycles. The number of carboxylic acid groups (broad SMARTS) is 1. The number of carboxylic acids is 1. The van der Waals surface area contributed by atoms with E-state index in [-0.39, 0.29) is 11.6 Å². The Morgan fingerprint density at radius 1 is 1.62 bits per heavy atom. The van der Waals surface area contributed by atoms with Gasteiger partial charge in [-0.15, -0.1) is 0 Å². The summed E-state index contributed by atoms with van der Waals surface area (Å²) in [5, 5.41) is 13.1. The maximum atomic E-state index is 11.0. The number of rotatable bonds is 6. The lowest BCUT2D eigenvalue weighted by molar-refractivity contribution is 0.0687. The van der Waals surface area contributed by atoms with E-state index in [0.29, 0.717) is 18.9 Å². The van der Waals surface area contributed by atoms with E-state index in [1.54, 1.807) is 4.68 Å². The molecule has 1 aromatic heterocycles. The van der Waals surface area contributed by atoms with Crippen molar-refractivity contribution in [1.29, 1.82) is 0 Å². The van der Waals surface area contributed by atoms with Crippen molar-refractivity contribution in [3.05, 3.63) is 17.5 Å². The molecule has 16 heavy (non-hydrogen) atoms. The van der Waals surface area contributed by atoms with Crippen LogP contribution in [0.3, 0.4) is 0 Å². The number of carbonyl (C=O) groups is 1. The molecular formula is C11H18N2O3. The van der Waals surface area contributed by atoms with Crippen molar-refractivity contribution in [2.24, 2.45) is 0 Å². The molecule has 0 radical (unpaired) electrons. The molecule has 0 amide bonds. The van der Waals surface area contributed by atoms with Gasteiger partial charge >= 0.3 is 5.97 Å². The third-order valence-corrected chi connectivity index (χ3v) is 2.58. The molecule has 5 nitrogen and oxygen atoms in total. The summed E-state index contributed by atoms with van der Waals surface area (Å²) < 4.78 is 7.02. The molecule has 0 spiro atoms. The summed E-state index contributed by atoms with van der Waals surface area (Å²) in [6.07, 6.45) is 2.29. The van der Waals surface area contributed by atoms with Crippen LogP contribution in [0.25, 0.3) is 0 Å². The topological polar surface area (TPSA) is 64.3 Å². The second kappa shape index (κ2) is 5.65. The zero-order chi connectivity index (χ0) is 12.1. The molecule has 0 aromatic carbocycles. The Morgan fingerprint density at radius 2 is 2.31 bits per heavy atom. The first-order chi connectivity index (χ1) is 7.61. The standard InChI is InChI=1S/C11H18N2O3/c1-4-8(3)13-10(7-16-5-2)9(6-12-13)11(14)15/h6,8H,4-5,7H2,1-3H3,(H,14,15). The van der Waals surface area contributed by atoms with Crippen molar-refractivity contribution in [1.82, 2.24) is 9.78 Å². The molecule has 1 aromatic rings. The van der Waals surface area contributed by atoms with Crippen LogP contribution >= 0.6 is 0 Å². The summed E-state index contributed by atoms with van der Waals surface area (Å²) in [4.78, 5) is 11.0. The molecule has 0 aliphatic heterocycles. The highest BCUT2D eigenvalue weighted by Gasteiger charge is 2.18. The van der Waals surface area contributed by atoms with Crippen LogP contribution < -0.4 is 0 Å². The van der Waals surface area contributed by atoms with Gasteiger partial charge < -0.3 is 9.84 Å². The number of nitrogens with zero attached hydrogens (tertiary/aromatic N) is 2. The second-order valence-electron chi connectivity index (χ2n) is 3.65. The molecule has 5 heteroatoms. The molecule has 1 N–H and O–H groups in total. The Kier molecular flexibility index (Phi) is 4.49. The summed E-state index contributed by atoms with van der Waals surface area (Å²) in [7, 11) is 0. The Hall–Kier alpha value is -1.36. The molecule has 1 unspecified atom stereocenters. The van der Waals surface area contributed by atoms with E-state index in [0.717, 1.165) is 6.42 Å². The Balaban J connectivity index is 3.03. The molecule has 1 heterocycles. The van der Waals surface area contributed by atoms with Crippen LogP contribution in [0.2, 0.25) is 0 Å². The van der Waals surface area contributed by atoms with Gasteiger partial charge in [-0.3, -0.25) is 4.68 Å². The summed E-state index contributed by atoms with van der Waals surface area (Å²) in [5.74, 6) is -0.954. The quantitative estimate of drug-likeness (QED) is 0.806. The fraction of sp³-hybridized carbons (Fsp3) is 0.636. The lowest BCUT2D eigenvalue weighted by Gasteiger charge is -2.14. The lowest BCUT2D eigenvalue weighted by Crippen LogP contribution is -2.13. The molecule has 90 valence electrons. The monoisotopic (exact) mass is 226 g/mol. The van der Waals surface area contributed by atoms with Crippen molar-refractivity contribution in [2.45, 2.75) is 39.8 Å². The molecule has 0 aliphatic carbocycles. The Morgan fingerprint density at radius 3 is 2.81 bits per heavy atom. The number of ether oxygens (including phenoxy) is 1. The van der Waals surface area contributed by atoms with E-state index in [1.165, 1.54) is 6.20 Å². The predicted octanol–water partition coefficient (Wildman–Crippen LogP) is 2.09. The van der Waals surface area contributed by atoms with E-state index in [2.05, 4.69) is 5.10 Å². The van der Waals surface area contributed by atoms with Crippen LogP contribution in [0.4, 0.5) is 0 Å². The number of hydrogen-bond donors (Lipinski definition) is 1. The lowest BCUT2D eigenvalue weighted by atomic mass is 10.2. The molecular weight excluding hydrogens is 208 g/mol. The van der Waals surface area contributed by atoms with E-state index >= 15 is 0 Å². The summed E-state index contributed by atoms with van der Waals surface area (Å²) in [6, 6.07) is 0.184. The van der Waals surface area contributed by atoms with E-state index < -0.39 is 5.97 Å². The zero-order valence-corrected chi connectivity index (χ0v) is 9.93. The van der Waals surface area contributed by atoms with Crippen molar-refractivity contribution in [3.63, 3.8) is 0 Å². The second-order valence-corrected chi connectivity index (χ2v) is 3.65. The van der Waals surface area contributed by atoms with Gasteiger partial charge in [0.15, 0.2) is 0 Å². The van der Waals surface area contributed by atoms with Crippen LogP contribution in [0.15, 0.2) is 6.20 Å². The van der Waals surface area contributed by atoms with Crippen LogP contribution in [0.5, 0.6) is 0 Å². The van der Waals surface area contributed by atoms with Gasteiger partial charge in [0.2, 0.25) is 0 Å². The van der Waals surface area contributed by atoms with Crippen LogP contribution in [0, 0.1) is 0 Å². The van der Waals surface area contributed by atoms with E-state index in [4.69, 9.17) is 9.84 Å². The van der Waals surface area contributed by atoms with Gasteiger partial charge in [-0.1, -0.05) is 6.92 Å². The first kappa shape index (κ1) is 12.7. The minimum atomic E-state index is -0.954. The van der Waals surface area contributed by atoms with Gasteiger partial charge in [0, 0.05) is 12.6 Å². The molecule has 0 aliphatic rings. The SMILES string of the molecule is CCOCc1c(C(=O)O)cnn1C(C)CC. The molecule has 0 fully saturated rings. The number of aromatic carboxylic acids is 1. The highest BCUT2D eigenvalue weighted by molar-refractivity contribution is 5.88. The third-order valence-electron chi connectivity index (χ3n) is 2.58. The maximum absolute atomic E-state index is 11.0. The molecule has 1 atom stereocenters. The highest BCUT2D eigenvalue weighted by atomic mass is 16.5. The number of aromatic nitrogens is 2. The fourth-order valence-electron chi connectivity index (χ4n) is 1.46. The average Bonchev–Trinajstić information content (AvgIpc) is 2.68. The first-order valence-corrected chi connectivity index (χ1v) is 5.49. The van der Waals surface area contributed by atoms with Gasteiger partial charge in [0.25, 0.3) is 0 Å². The van der Waals surface area contributed by atoms with Gasteiger partial charge in [-0.05, 0) is 20.3 Å². The number of hydrogen-bond acceptors (Lipinski definition) is 3. The average molecular weight is 226 g/mol. The third kappa shape index (κ3) is 2.61. The first-order valence-electron chi connectivity index (χ1n) is 5.49. The normalized spacial score (nSPS) is 12.7. The van der Waals surface area contributed by atoms with Gasteiger partial charge in [-0.25, -0.2) is 4.79 Å². The maximum Gasteiger partial charge on any atom is 0.339 e. The smallest absolute Gasteiger partial charge is 0.339 e. The van der Waals surface area contributed by atoms with E-state index in [1.807, 2.05) is 20.8 Å². The summed E-state index contributed by atoms with van der Waals surface area (Å²) in [6.45, 7) is 6.78. The molecule has 1 rings (SSSR count). The minimum Gasteiger partial charge on any atom is -0.478 e. The van der Waals surface area contributed by atoms with E-state index in [9.17, 15) is 4.79 Å². The van der Waals surface area contributed by atoms with Crippen molar-refractivity contribution < 1.29 is 14.6 Å². The summed E-state index contributed by atoms with van der Waals surface area (Å²) in [5.41, 5.74) is 0.873. The zero-order valence-electron chi connectivity index (χ0n) is 9.93.